The number of nitrogens with one attached hydrogen (secondary N) is 2. The van der Waals surface area contributed by atoms with Gasteiger partial charge in [-0.2, -0.15) is 0 Å². The maximum atomic E-state index is 14.8. The molecule has 0 radical (unpaired) electrons. The molecule has 4 rings (SSSR count). The molecule has 0 aromatic heterocycles. The summed E-state index contributed by atoms with van der Waals surface area (Å²) in [5.74, 6) is 0.827. The number of hydrogen-bond acceptors (Lipinski definition) is 4. The number of benzene rings is 3. The lowest BCUT2D eigenvalue weighted by Crippen LogP contribution is -2.25. The van der Waals surface area contributed by atoms with E-state index < -0.39 is 23.8 Å². The van der Waals surface area contributed by atoms with Crippen molar-refractivity contribution >= 4 is 23.7 Å². The number of carbonyl (C=O) groups is 3. The Kier molecular flexibility index (Phi) is 6.55. The Morgan fingerprint density at radius 1 is 0.941 bits per heavy atom. The highest BCUT2D eigenvalue weighted by Crippen LogP contribution is 2.44. The fourth-order valence-electron chi connectivity index (χ4n) is 3.89. The first-order chi connectivity index (χ1) is 16.5. The van der Waals surface area contributed by atoms with Gasteiger partial charge >= 0.3 is 12.1 Å². The van der Waals surface area contributed by atoms with Crippen molar-refractivity contribution in [3.63, 3.8) is 0 Å². The lowest BCUT2D eigenvalue weighted by molar-refractivity contribution is -0.130. The van der Waals surface area contributed by atoms with Crippen LogP contribution in [0.2, 0.25) is 0 Å². The first-order valence-corrected chi connectivity index (χ1v) is 10.4. The number of halogens is 1. The van der Waals surface area contributed by atoms with Gasteiger partial charge in [0.2, 0.25) is 0 Å². The molecule has 7 nitrogen and oxygen atoms in total. The Balaban J connectivity index is 1.41. The first-order valence-electron chi connectivity index (χ1n) is 10.4. The van der Waals surface area contributed by atoms with Crippen LogP contribution in [0.1, 0.15) is 27.4 Å². The van der Waals surface area contributed by atoms with E-state index in [9.17, 15) is 18.8 Å². The number of carboxylic acids is 1. The highest BCUT2D eigenvalue weighted by molar-refractivity contribution is 5.97. The summed E-state index contributed by atoms with van der Waals surface area (Å²) in [5, 5.41) is 13.1. The van der Waals surface area contributed by atoms with Gasteiger partial charge in [-0.1, -0.05) is 60.5 Å². The summed E-state index contributed by atoms with van der Waals surface area (Å²) in [5.41, 5.74) is 3.73. The fraction of sp³-hybridized carbons (Fsp3) is 0.115. The van der Waals surface area contributed by atoms with E-state index in [1.54, 1.807) is 0 Å². The highest BCUT2D eigenvalue weighted by atomic mass is 19.1. The van der Waals surface area contributed by atoms with Gasteiger partial charge in [0.25, 0.3) is 5.91 Å². The van der Waals surface area contributed by atoms with Crippen LogP contribution in [0.3, 0.4) is 0 Å². The minimum atomic E-state index is -1.34. The molecule has 170 valence electrons. The van der Waals surface area contributed by atoms with Crippen molar-refractivity contribution in [3.05, 3.63) is 89.2 Å². The van der Waals surface area contributed by atoms with Gasteiger partial charge in [0, 0.05) is 11.8 Å². The Labute approximate surface area is 194 Å². The van der Waals surface area contributed by atoms with E-state index in [2.05, 4.69) is 16.6 Å². The molecule has 0 aliphatic heterocycles. The predicted molar refractivity (Wildman–Crippen MR) is 123 cm³/mol. The quantitative estimate of drug-likeness (QED) is 0.502. The molecule has 3 aromatic carbocycles. The molecule has 0 spiro atoms. The summed E-state index contributed by atoms with van der Waals surface area (Å²) in [6, 6.07) is 19.7. The Morgan fingerprint density at radius 3 is 2.24 bits per heavy atom. The van der Waals surface area contributed by atoms with Crippen molar-refractivity contribution in [2.75, 3.05) is 18.5 Å². The summed E-state index contributed by atoms with van der Waals surface area (Å²) < 4.78 is 20.2. The van der Waals surface area contributed by atoms with Crippen LogP contribution in [-0.2, 0) is 9.53 Å². The maximum absolute atomic E-state index is 14.8. The number of carboxylic acid groups (broad SMARTS) is 1. The molecule has 0 heterocycles. The van der Waals surface area contributed by atoms with Crippen molar-refractivity contribution < 1.29 is 28.6 Å². The van der Waals surface area contributed by atoms with Gasteiger partial charge in [0.1, 0.15) is 6.61 Å². The van der Waals surface area contributed by atoms with Crippen LogP contribution in [0, 0.1) is 17.7 Å². The van der Waals surface area contributed by atoms with Gasteiger partial charge in [-0.05, 0) is 34.4 Å². The third-order valence-corrected chi connectivity index (χ3v) is 5.36. The number of rotatable bonds is 5. The normalized spacial score (nSPS) is 11.4. The smallest absolute Gasteiger partial charge is 0.411 e. The third-order valence-electron chi connectivity index (χ3n) is 5.36. The number of fused-ring (bicyclic) bond motifs is 3. The van der Waals surface area contributed by atoms with Crippen molar-refractivity contribution in [1.29, 1.82) is 0 Å². The predicted octanol–water partition coefficient (Wildman–Crippen LogP) is 4.00. The zero-order chi connectivity index (χ0) is 24.1. The van der Waals surface area contributed by atoms with E-state index >= 15 is 0 Å². The van der Waals surface area contributed by atoms with E-state index in [0.717, 1.165) is 22.3 Å². The van der Waals surface area contributed by atoms with Gasteiger partial charge in [-0.25, -0.2) is 14.0 Å². The van der Waals surface area contributed by atoms with Crippen LogP contribution in [0.15, 0.2) is 66.7 Å². The van der Waals surface area contributed by atoms with Crippen molar-refractivity contribution in [1.82, 2.24) is 5.32 Å². The molecular formula is C26H19FN2O5. The Bertz CT molecular complexity index is 1300. The molecule has 0 saturated heterocycles. The molecule has 34 heavy (non-hydrogen) atoms. The second-order valence-electron chi connectivity index (χ2n) is 7.41. The van der Waals surface area contributed by atoms with E-state index in [4.69, 9.17) is 9.84 Å². The number of anilines is 1. The largest absolute Gasteiger partial charge is 0.472 e. The average molecular weight is 458 g/mol. The number of aliphatic carboxylic acids is 1. The first kappa shape index (κ1) is 22.6. The number of ether oxygens (including phenoxy) is 1. The average Bonchev–Trinajstić information content (AvgIpc) is 3.15. The van der Waals surface area contributed by atoms with E-state index in [1.165, 1.54) is 18.2 Å². The third kappa shape index (κ3) is 4.74. The summed E-state index contributed by atoms with van der Waals surface area (Å²) in [7, 11) is 0. The van der Waals surface area contributed by atoms with E-state index in [0.29, 0.717) is 0 Å². The number of hydrogen-bond donors (Lipinski definition) is 3. The fourth-order valence-corrected chi connectivity index (χ4v) is 3.89. The summed E-state index contributed by atoms with van der Waals surface area (Å²) in [6.07, 6.45) is -0.856. The molecule has 3 N–H and O–H groups in total. The number of carbonyl (C=O) groups excluding carboxylic acids is 2. The monoisotopic (exact) mass is 458 g/mol. The molecule has 1 aliphatic carbocycles. The van der Waals surface area contributed by atoms with Crippen LogP contribution in [0.25, 0.3) is 11.1 Å². The van der Waals surface area contributed by atoms with Crippen LogP contribution >= 0.6 is 0 Å². The van der Waals surface area contributed by atoms with Crippen molar-refractivity contribution in [2.45, 2.75) is 5.92 Å². The molecule has 0 saturated carbocycles. The van der Waals surface area contributed by atoms with Crippen molar-refractivity contribution in [2.24, 2.45) is 0 Å². The number of amides is 2. The summed E-state index contributed by atoms with van der Waals surface area (Å²) in [4.78, 5) is 35.0. The van der Waals surface area contributed by atoms with Gasteiger partial charge in [-0.15, -0.1) is 0 Å². The molecule has 3 aromatic rings. The summed E-state index contributed by atoms with van der Waals surface area (Å²) in [6.45, 7) is -0.210. The summed E-state index contributed by atoms with van der Waals surface area (Å²) >= 11 is 0. The van der Waals surface area contributed by atoms with Gasteiger partial charge in [0.05, 0.1) is 17.8 Å². The maximum Gasteiger partial charge on any atom is 0.411 e. The molecule has 0 atom stereocenters. The lowest BCUT2D eigenvalue weighted by Gasteiger charge is -2.15. The van der Waals surface area contributed by atoms with Crippen molar-refractivity contribution in [3.8, 4) is 23.0 Å². The van der Waals surface area contributed by atoms with E-state index in [-0.39, 0.29) is 30.3 Å². The molecule has 2 amide bonds. The molecule has 0 fully saturated rings. The second kappa shape index (κ2) is 9.88. The van der Waals surface area contributed by atoms with Crippen LogP contribution in [-0.4, -0.2) is 36.2 Å². The minimum absolute atomic E-state index is 0.0594. The topological polar surface area (TPSA) is 105 Å². The van der Waals surface area contributed by atoms with Gasteiger partial charge < -0.3 is 15.2 Å². The zero-order valence-corrected chi connectivity index (χ0v) is 17.8. The zero-order valence-electron chi connectivity index (χ0n) is 17.8. The van der Waals surface area contributed by atoms with E-state index in [1.807, 2.05) is 54.5 Å². The lowest BCUT2D eigenvalue weighted by atomic mass is 9.98. The molecular weight excluding hydrogens is 439 g/mol. The van der Waals surface area contributed by atoms with Crippen LogP contribution < -0.4 is 10.6 Å². The minimum Gasteiger partial charge on any atom is -0.472 e. The Hall–Kier alpha value is -4.64. The van der Waals surface area contributed by atoms with Crippen LogP contribution in [0.5, 0.6) is 0 Å². The Morgan fingerprint density at radius 2 is 1.59 bits per heavy atom. The second-order valence-corrected chi connectivity index (χ2v) is 7.41. The molecule has 1 aliphatic rings. The van der Waals surface area contributed by atoms with Gasteiger partial charge in [0.15, 0.2) is 5.82 Å². The molecule has 8 heteroatoms. The van der Waals surface area contributed by atoms with Gasteiger partial charge in [-0.3, -0.25) is 10.1 Å². The van der Waals surface area contributed by atoms with Crippen LogP contribution in [0.4, 0.5) is 14.9 Å². The molecule has 0 unspecified atom stereocenters. The molecule has 0 bridgehead atoms. The standard InChI is InChI=1S/C26H19FN2O5/c27-24-20(25(32)28-14-6-13-23(30)31)11-5-12-22(24)29-26(33)34-15-21-18-9-3-1-7-16(18)17-8-2-4-10-19(17)21/h1-5,7-12,21H,14-15H2,(H,28,32)(H,29,33)(H,30,31). The highest BCUT2D eigenvalue weighted by Gasteiger charge is 2.29. The SMILES string of the molecule is O=C(O)C#CCNC(=O)c1cccc(NC(=O)OCC2c3ccccc3-c3ccccc32)c1F.